The molecule has 0 spiro atoms. The molecule has 0 N–H and O–H groups in total. The van der Waals surface area contributed by atoms with Crippen LogP contribution in [0.25, 0.3) is 0 Å². The molecule has 0 radical (unpaired) electrons. The third kappa shape index (κ3) is 6.73. The Labute approximate surface area is 183 Å². The highest BCUT2D eigenvalue weighted by Gasteiger charge is 2.29. The van der Waals surface area contributed by atoms with E-state index in [2.05, 4.69) is 10.3 Å². The SMILES string of the molecule is CO/N=C(/C(=O)OC)c1cccc(C)c1CO/N=C(\C)c1ccccc1OCC(F)(F)F. The molecule has 0 heterocycles. The molecule has 172 valence electrons. The second-order valence-corrected chi connectivity index (χ2v) is 6.57. The van der Waals surface area contributed by atoms with Crippen molar-refractivity contribution in [3.05, 3.63) is 64.7 Å². The number of hydrogen-bond acceptors (Lipinski definition) is 7. The van der Waals surface area contributed by atoms with Crippen LogP contribution in [0.2, 0.25) is 0 Å². The molecule has 0 aliphatic heterocycles. The van der Waals surface area contributed by atoms with Crippen LogP contribution >= 0.6 is 0 Å². The Balaban J connectivity index is 2.26. The standard InChI is InChI=1S/C22H23F3N2O5/c1-14-8-7-10-17(20(27-30-4)21(28)29-3)18(14)12-32-26-15(2)16-9-5-6-11-19(16)31-13-22(23,24)25/h5-11H,12-13H2,1-4H3/b26-15+,27-20+. The van der Waals surface area contributed by atoms with Crippen LogP contribution in [0.5, 0.6) is 5.75 Å². The molecular weight excluding hydrogens is 429 g/mol. The van der Waals surface area contributed by atoms with Gasteiger partial charge in [-0.1, -0.05) is 40.6 Å². The predicted molar refractivity (Wildman–Crippen MR) is 112 cm³/mol. The van der Waals surface area contributed by atoms with Gasteiger partial charge in [0.1, 0.15) is 19.5 Å². The molecule has 0 bridgehead atoms. The number of hydrogen-bond donors (Lipinski definition) is 0. The summed E-state index contributed by atoms with van der Waals surface area (Å²) in [6.45, 7) is 1.95. The second kappa shape index (κ2) is 11.2. The number of benzene rings is 2. The van der Waals surface area contributed by atoms with Gasteiger partial charge < -0.3 is 19.1 Å². The first-order chi connectivity index (χ1) is 15.2. The monoisotopic (exact) mass is 452 g/mol. The van der Waals surface area contributed by atoms with Gasteiger partial charge in [0.05, 0.1) is 12.8 Å². The topological polar surface area (TPSA) is 78.7 Å². The lowest BCUT2D eigenvalue weighted by atomic mass is 9.99. The van der Waals surface area contributed by atoms with Gasteiger partial charge in [-0.25, -0.2) is 4.79 Å². The summed E-state index contributed by atoms with van der Waals surface area (Å²) in [5, 5.41) is 7.77. The van der Waals surface area contributed by atoms with E-state index >= 15 is 0 Å². The normalized spacial score (nSPS) is 12.3. The van der Waals surface area contributed by atoms with Crippen molar-refractivity contribution >= 4 is 17.4 Å². The molecule has 2 aromatic rings. The Bertz CT molecular complexity index is 1000. The average molecular weight is 452 g/mol. The van der Waals surface area contributed by atoms with Gasteiger partial charge >= 0.3 is 12.1 Å². The minimum Gasteiger partial charge on any atom is -0.483 e. The summed E-state index contributed by atoms with van der Waals surface area (Å²) in [4.78, 5) is 22.3. The third-order valence-corrected chi connectivity index (χ3v) is 4.31. The summed E-state index contributed by atoms with van der Waals surface area (Å²) in [6.07, 6.45) is -4.46. The van der Waals surface area contributed by atoms with Crippen molar-refractivity contribution in [3.8, 4) is 5.75 Å². The van der Waals surface area contributed by atoms with E-state index in [-0.39, 0.29) is 18.1 Å². The molecule has 0 saturated carbocycles. The summed E-state index contributed by atoms with van der Waals surface area (Å²) in [5.74, 6) is -0.652. The van der Waals surface area contributed by atoms with Crippen molar-refractivity contribution in [2.24, 2.45) is 10.3 Å². The molecule has 0 aromatic heterocycles. The largest absolute Gasteiger partial charge is 0.483 e. The number of aryl methyl sites for hydroxylation is 1. The molecule has 0 aliphatic rings. The minimum absolute atomic E-state index is 0.0338. The van der Waals surface area contributed by atoms with Crippen LogP contribution in [0.3, 0.4) is 0 Å². The van der Waals surface area contributed by atoms with Crippen molar-refractivity contribution in [2.75, 3.05) is 20.8 Å². The molecule has 0 unspecified atom stereocenters. The van der Waals surface area contributed by atoms with E-state index < -0.39 is 18.8 Å². The lowest BCUT2D eigenvalue weighted by Crippen LogP contribution is -2.20. The Morgan fingerprint density at radius 1 is 1.00 bits per heavy atom. The molecule has 2 aromatic carbocycles. The average Bonchev–Trinajstić information content (AvgIpc) is 2.76. The van der Waals surface area contributed by atoms with E-state index in [1.807, 2.05) is 13.0 Å². The number of carbonyl (C=O) groups excluding carboxylic acids is 1. The van der Waals surface area contributed by atoms with E-state index in [4.69, 9.17) is 19.1 Å². The number of halogens is 3. The van der Waals surface area contributed by atoms with Crippen molar-refractivity contribution in [1.29, 1.82) is 0 Å². The molecular formula is C22H23F3N2O5. The Morgan fingerprint density at radius 2 is 1.69 bits per heavy atom. The first-order valence-electron chi connectivity index (χ1n) is 9.41. The third-order valence-electron chi connectivity index (χ3n) is 4.31. The van der Waals surface area contributed by atoms with Gasteiger partial charge in [-0.05, 0) is 31.5 Å². The zero-order chi connectivity index (χ0) is 23.7. The van der Waals surface area contributed by atoms with E-state index in [9.17, 15) is 18.0 Å². The highest BCUT2D eigenvalue weighted by Crippen LogP contribution is 2.23. The number of esters is 1. The number of carbonyl (C=O) groups is 1. The number of methoxy groups -OCH3 is 1. The fourth-order valence-corrected chi connectivity index (χ4v) is 2.79. The molecule has 0 fully saturated rings. The van der Waals surface area contributed by atoms with Gasteiger partial charge in [-0.2, -0.15) is 13.2 Å². The van der Waals surface area contributed by atoms with Gasteiger partial charge in [0.2, 0.25) is 0 Å². The van der Waals surface area contributed by atoms with Crippen LogP contribution in [-0.4, -0.2) is 44.4 Å². The number of para-hydroxylation sites is 1. The quantitative estimate of drug-likeness (QED) is 0.320. The van der Waals surface area contributed by atoms with Crippen LogP contribution in [-0.2, 0) is 25.8 Å². The van der Waals surface area contributed by atoms with Crippen molar-refractivity contribution < 1.29 is 37.1 Å². The van der Waals surface area contributed by atoms with Gasteiger partial charge in [-0.15, -0.1) is 0 Å². The zero-order valence-corrected chi connectivity index (χ0v) is 18.0. The summed E-state index contributed by atoms with van der Waals surface area (Å²) >= 11 is 0. The molecule has 0 saturated heterocycles. The van der Waals surface area contributed by atoms with E-state index in [1.54, 1.807) is 37.3 Å². The summed E-state index contributed by atoms with van der Waals surface area (Å²) < 4.78 is 47.2. The summed E-state index contributed by atoms with van der Waals surface area (Å²) in [6, 6.07) is 11.4. The summed E-state index contributed by atoms with van der Waals surface area (Å²) in [7, 11) is 2.53. The fraction of sp³-hybridized carbons (Fsp3) is 0.318. The summed E-state index contributed by atoms with van der Waals surface area (Å²) in [5.41, 5.74) is 2.50. The van der Waals surface area contributed by atoms with Crippen molar-refractivity contribution in [2.45, 2.75) is 26.6 Å². The molecule has 0 atom stereocenters. The lowest BCUT2D eigenvalue weighted by Gasteiger charge is -2.14. The number of nitrogens with zero attached hydrogens (tertiary/aromatic N) is 2. The first kappa shape index (κ1) is 24.7. The van der Waals surface area contributed by atoms with Crippen LogP contribution in [0, 0.1) is 6.92 Å². The smallest absolute Gasteiger partial charge is 0.422 e. The van der Waals surface area contributed by atoms with Gasteiger partial charge in [0, 0.05) is 16.7 Å². The minimum atomic E-state index is -4.46. The van der Waals surface area contributed by atoms with Crippen LogP contribution in [0.4, 0.5) is 13.2 Å². The predicted octanol–water partition coefficient (Wildman–Crippen LogP) is 4.40. The maximum atomic E-state index is 12.5. The molecule has 10 heteroatoms. The molecule has 0 amide bonds. The maximum absolute atomic E-state index is 12.5. The van der Waals surface area contributed by atoms with Crippen molar-refractivity contribution in [3.63, 3.8) is 0 Å². The van der Waals surface area contributed by atoms with Crippen LogP contribution < -0.4 is 4.74 Å². The Morgan fingerprint density at radius 3 is 2.34 bits per heavy atom. The Kier molecular flexibility index (Phi) is 8.62. The van der Waals surface area contributed by atoms with Gasteiger partial charge in [0.25, 0.3) is 0 Å². The molecule has 0 aliphatic carbocycles. The number of rotatable bonds is 9. The first-order valence-corrected chi connectivity index (χ1v) is 9.41. The van der Waals surface area contributed by atoms with E-state index in [0.717, 1.165) is 5.56 Å². The highest BCUT2D eigenvalue weighted by atomic mass is 19.4. The lowest BCUT2D eigenvalue weighted by molar-refractivity contribution is -0.153. The van der Waals surface area contributed by atoms with Crippen LogP contribution in [0.1, 0.15) is 29.2 Å². The fourth-order valence-electron chi connectivity index (χ4n) is 2.79. The van der Waals surface area contributed by atoms with E-state index in [1.165, 1.54) is 20.3 Å². The second-order valence-electron chi connectivity index (χ2n) is 6.57. The van der Waals surface area contributed by atoms with E-state index in [0.29, 0.717) is 22.4 Å². The van der Waals surface area contributed by atoms with Gasteiger partial charge in [-0.3, -0.25) is 0 Å². The zero-order valence-electron chi connectivity index (χ0n) is 18.0. The number of oxime groups is 2. The highest BCUT2D eigenvalue weighted by molar-refractivity contribution is 6.43. The maximum Gasteiger partial charge on any atom is 0.422 e. The number of alkyl halides is 3. The number of ether oxygens (including phenoxy) is 2. The van der Waals surface area contributed by atoms with Crippen LogP contribution in [0.15, 0.2) is 52.8 Å². The van der Waals surface area contributed by atoms with Crippen molar-refractivity contribution in [1.82, 2.24) is 0 Å². The van der Waals surface area contributed by atoms with Gasteiger partial charge in [0.15, 0.2) is 12.3 Å². The molecule has 7 nitrogen and oxygen atoms in total. The molecule has 2 rings (SSSR count). The Hall–Kier alpha value is -3.56. The molecule has 32 heavy (non-hydrogen) atoms.